The SMILES string of the molecule is CC[C@H](C)[C@H](N)C(=O)N1CC(CCCB(O)O)C(CN)(C(=O)O)C1. The van der Waals surface area contributed by atoms with E-state index < -0.39 is 24.5 Å². The molecule has 0 bridgehead atoms. The molecule has 0 aromatic rings. The summed E-state index contributed by atoms with van der Waals surface area (Å²) in [6.45, 7) is 4.11. The summed E-state index contributed by atoms with van der Waals surface area (Å²) in [7, 11) is -1.42. The first-order chi connectivity index (χ1) is 11.2. The molecule has 0 spiro atoms. The van der Waals surface area contributed by atoms with Gasteiger partial charge in [-0.05, 0) is 24.6 Å². The predicted octanol–water partition coefficient (Wildman–Crippen LogP) is -0.899. The second-order valence-electron chi connectivity index (χ2n) is 6.90. The molecule has 138 valence electrons. The van der Waals surface area contributed by atoms with Gasteiger partial charge in [0.05, 0.1) is 6.04 Å². The van der Waals surface area contributed by atoms with Crippen molar-refractivity contribution >= 4 is 19.0 Å². The Bertz CT molecular complexity index is 451. The van der Waals surface area contributed by atoms with Gasteiger partial charge >= 0.3 is 13.1 Å². The van der Waals surface area contributed by atoms with Crippen LogP contribution in [0.25, 0.3) is 0 Å². The van der Waals surface area contributed by atoms with Gasteiger partial charge in [0.2, 0.25) is 5.91 Å². The zero-order valence-electron chi connectivity index (χ0n) is 14.5. The highest BCUT2D eigenvalue weighted by atomic mass is 16.4. The van der Waals surface area contributed by atoms with Gasteiger partial charge in [0.25, 0.3) is 0 Å². The molecule has 1 fully saturated rings. The van der Waals surface area contributed by atoms with Crippen molar-refractivity contribution in [3.63, 3.8) is 0 Å². The summed E-state index contributed by atoms with van der Waals surface area (Å²) < 4.78 is 0. The Kier molecular flexibility index (Phi) is 7.66. The van der Waals surface area contributed by atoms with Crippen molar-refractivity contribution in [3.05, 3.63) is 0 Å². The minimum Gasteiger partial charge on any atom is -0.481 e. The predicted molar refractivity (Wildman–Crippen MR) is 90.9 cm³/mol. The van der Waals surface area contributed by atoms with E-state index in [1.54, 1.807) is 0 Å². The summed E-state index contributed by atoms with van der Waals surface area (Å²) >= 11 is 0. The highest BCUT2D eigenvalue weighted by molar-refractivity contribution is 6.40. The second kappa shape index (κ2) is 8.80. The lowest BCUT2D eigenvalue weighted by Gasteiger charge is -2.29. The molecule has 1 aliphatic heterocycles. The molecule has 0 radical (unpaired) electrons. The molecule has 1 rings (SSSR count). The van der Waals surface area contributed by atoms with Gasteiger partial charge in [-0.1, -0.05) is 26.7 Å². The Labute approximate surface area is 143 Å². The zero-order chi connectivity index (χ0) is 18.5. The van der Waals surface area contributed by atoms with Crippen LogP contribution in [-0.4, -0.2) is 64.7 Å². The largest absolute Gasteiger partial charge is 0.481 e. The monoisotopic (exact) mass is 343 g/mol. The number of aliphatic carboxylic acids is 1. The van der Waals surface area contributed by atoms with Gasteiger partial charge in [-0.2, -0.15) is 0 Å². The number of amides is 1. The first-order valence-corrected chi connectivity index (χ1v) is 8.53. The topological polar surface area (TPSA) is 150 Å². The van der Waals surface area contributed by atoms with E-state index in [1.165, 1.54) is 4.90 Å². The van der Waals surface area contributed by atoms with Crippen molar-refractivity contribution in [2.75, 3.05) is 19.6 Å². The summed E-state index contributed by atoms with van der Waals surface area (Å²) in [5.74, 6) is -1.58. The van der Waals surface area contributed by atoms with Crippen LogP contribution in [0.2, 0.25) is 6.32 Å². The first kappa shape index (κ1) is 20.9. The standard InChI is InChI=1S/C15H30BN3O5/c1-3-10(2)12(18)13(20)19-7-11(5-4-6-16(23)24)15(8-17,9-19)14(21)22/h10-12,23-24H,3-9,17-18H2,1-2H3,(H,21,22)/t10-,11?,12-,15?/m0/s1. The molecule has 0 aliphatic carbocycles. The van der Waals surface area contributed by atoms with E-state index in [0.717, 1.165) is 6.42 Å². The number of hydrogen-bond acceptors (Lipinski definition) is 6. The molecule has 7 N–H and O–H groups in total. The van der Waals surface area contributed by atoms with Crippen LogP contribution < -0.4 is 11.5 Å². The van der Waals surface area contributed by atoms with Gasteiger partial charge in [-0.25, -0.2) is 0 Å². The fourth-order valence-corrected chi connectivity index (χ4v) is 3.33. The smallest absolute Gasteiger partial charge is 0.451 e. The number of rotatable bonds is 9. The Hall–Kier alpha value is -1.16. The molecule has 1 aliphatic rings. The van der Waals surface area contributed by atoms with E-state index in [9.17, 15) is 14.7 Å². The number of carbonyl (C=O) groups is 2. The van der Waals surface area contributed by atoms with E-state index in [1.807, 2.05) is 13.8 Å². The van der Waals surface area contributed by atoms with Gasteiger partial charge in [0.1, 0.15) is 5.41 Å². The van der Waals surface area contributed by atoms with Crippen molar-refractivity contribution < 1.29 is 24.7 Å². The fraction of sp³-hybridized carbons (Fsp3) is 0.867. The quantitative estimate of drug-likeness (QED) is 0.340. The molecular formula is C15H30BN3O5. The lowest BCUT2D eigenvalue weighted by atomic mass is 9.73. The van der Waals surface area contributed by atoms with E-state index in [0.29, 0.717) is 12.8 Å². The Balaban J connectivity index is 2.89. The zero-order valence-corrected chi connectivity index (χ0v) is 14.5. The van der Waals surface area contributed by atoms with Crippen molar-refractivity contribution in [2.45, 2.75) is 45.5 Å². The average molecular weight is 343 g/mol. The number of likely N-dealkylation sites (tertiary alicyclic amines) is 1. The summed E-state index contributed by atoms with van der Waals surface area (Å²) in [4.78, 5) is 25.9. The summed E-state index contributed by atoms with van der Waals surface area (Å²) in [6.07, 6.45) is 1.84. The van der Waals surface area contributed by atoms with Crippen LogP contribution >= 0.6 is 0 Å². The van der Waals surface area contributed by atoms with Crippen LogP contribution in [0.15, 0.2) is 0 Å². The summed E-state index contributed by atoms with van der Waals surface area (Å²) in [5.41, 5.74) is 10.6. The maximum Gasteiger partial charge on any atom is 0.451 e. The molecule has 0 aromatic carbocycles. The highest BCUT2D eigenvalue weighted by Gasteiger charge is 2.52. The highest BCUT2D eigenvalue weighted by Crippen LogP contribution is 2.39. The van der Waals surface area contributed by atoms with Gasteiger partial charge in [0.15, 0.2) is 0 Å². The van der Waals surface area contributed by atoms with Crippen LogP contribution in [0.3, 0.4) is 0 Å². The van der Waals surface area contributed by atoms with Crippen molar-refractivity contribution in [3.8, 4) is 0 Å². The molecule has 1 amide bonds. The molecular weight excluding hydrogens is 313 g/mol. The third-order valence-corrected chi connectivity index (χ3v) is 5.35. The molecule has 1 saturated heterocycles. The minimum atomic E-state index is -1.42. The Morgan fingerprint density at radius 2 is 2.04 bits per heavy atom. The second-order valence-corrected chi connectivity index (χ2v) is 6.90. The summed E-state index contributed by atoms with van der Waals surface area (Å²) in [6, 6.07) is -0.655. The lowest BCUT2D eigenvalue weighted by molar-refractivity contribution is -0.150. The van der Waals surface area contributed by atoms with E-state index in [-0.39, 0.29) is 43.7 Å². The molecule has 0 saturated carbocycles. The molecule has 4 atom stereocenters. The van der Waals surface area contributed by atoms with Crippen LogP contribution in [0.4, 0.5) is 0 Å². The normalized spacial score (nSPS) is 26.2. The van der Waals surface area contributed by atoms with E-state index >= 15 is 0 Å². The molecule has 8 nitrogen and oxygen atoms in total. The lowest BCUT2D eigenvalue weighted by Crippen LogP contribution is -2.49. The molecule has 1 heterocycles. The number of nitrogens with two attached hydrogens (primary N) is 2. The number of carboxylic acids is 1. The van der Waals surface area contributed by atoms with Gasteiger partial charge < -0.3 is 31.5 Å². The molecule has 9 heteroatoms. The van der Waals surface area contributed by atoms with Crippen molar-refractivity contribution in [1.82, 2.24) is 4.90 Å². The third-order valence-electron chi connectivity index (χ3n) is 5.35. The Morgan fingerprint density at radius 1 is 1.42 bits per heavy atom. The Morgan fingerprint density at radius 3 is 2.50 bits per heavy atom. The molecule has 24 heavy (non-hydrogen) atoms. The maximum atomic E-state index is 12.6. The molecule has 2 unspecified atom stereocenters. The van der Waals surface area contributed by atoms with Gasteiger partial charge in [-0.15, -0.1) is 0 Å². The van der Waals surface area contributed by atoms with E-state index in [4.69, 9.17) is 21.5 Å². The van der Waals surface area contributed by atoms with Crippen LogP contribution in [0, 0.1) is 17.3 Å². The van der Waals surface area contributed by atoms with E-state index in [2.05, 4.69) is 0 Å². The maximum absolute atomic E-state index is 12.6. The number of nitrogens with zero attached hydrogens (tertiary/aromatic N) is 1. The molecule has 0 aromatic heterocycles. The van der Waals surface area contributed by atoms with Crippen molar-refractivity contribution in [2.24, 2.45) is 28.7 Å². The number of carboxylic acid groups (broad SMARTS) is 1. The number of hydrogen-bond donors (Lipinski definition) is 5. The van der Waals surface area contributed by atoms with Crippen LogP contribution in [0.5, 0.6) is 0 Å². The van der Waals surface area contributed by atoms with Gasteiger partial charge in [-0.3, -0.25) is 9.59 Å². The van der Waals surface area contributed by atoms with Gasteiger partial charge in [0, 0.05) is 19.6 Å². The average Bonchev–Trinajstić information content (AvgIpc) is 2.92. The van der Waals surface area contributed by atoms with Crippen molar-refractivity contribution in [1.29, 1.82) is 0 Å². The minimum absolute atomic E-state index is 0.0122. The number of carbonyl (C=O) groups excluding carboxylic acids is 1. The van der Waals surface area contributed by atoms with Crippen LogP contribution in [0.1, 0.15) is 33.1 Å². The summed E-state index contributed by atoms with van der Waals surface area (Å²) in [5, 5.41) is 27.6. The first-order valence-electron chi connectivity index (χ1n) is 8.53. The van der Waals surface area contributed by atoms with Crippen LogP contribution in [-0.2, 0) is 9.59 Å². The third kappa shape index (κ3) is 4.47. The fourth-order valence-electron chi connectivity index (χ4n) is 3.33.